The van der Waals surface area contributed by atoms with E-state index in [9.17, 15) is 0 Å². The van der Waals surface area contributed by atoms with Gasteiger partial charge in [-0.25, -0.2) is 0 Å². The summed E-state index contributed by atoms with van der Waals surface area (Å²) in [5, 5.41) is 0. The number of hydrogen-bond acceptors (Lipinski definition) is 2. The molecule has 8 aliphatic carbocycles. The molecule has 14 atom stereocenters. The van der Waals surface area contributed by atoms with Crippen molar-refractivity contribution < 1.29 is 8.85 Å². The van der Waals surface area contributed by atoms with Crippen molar-refractivity contribution in [3.05, 3.63) is 0 Å². The van der Waals surface area contributed by atoms with E-state index in [4.69, 9.17) is 8.85 Å². The summed E-state index contributed by atoms with van der Waals surface area (Å²) in [6.07, 6.45) is 29.7. The molecular formula is C40H70O2Si2. The van der Waals surface area contributed by atoms with Gasteiger partial charge in [0.1, 0.15) is 0 Å². The Morgan fingerprint density at radius 1 is 0.364 bits per heavy atom. The average molecular weight is 639 g/mol. The molecule has 0 N–H and O–H groups in total. The maximum absolute atomic E-state index is 8.52. The first-order chi connectivity index (χ1) is 21.1. The predicted molar refractivity (Wildman–Crippen MR) is 189 cm³/mol. The van der Waals surface area contributed by atoms with E-state index in [1.54, 1.807) is 0 Å². The van der Waals surface area contributed by atoms with E-state index in [1.807, 2.05) is 0 Å². The maximum atomic E-state index is 8.52. The van der Waals surface area contributed by atoms with Crippen molar-refractivity contribution in [2.75, 3.05) is 0 Å². The first-order valence-electron chi connectivity index (χ1n) is 20.5. The molecular weight excluding hydrogens is 569 g/mol. The minimum Gasteiger partial charge on any atom is -0.409 e. The largest absolute Gasteiger partial charge is 0.409 e. The lowest BCUT2D eigenvalue weighted by Gasteiger charge is -2.77. The van der Waals surface area contributed by atoms with Crippen molar-refractivity contribution in [1.29, 1.82) is 0 Å². The van der Waals surface area contributed by atoms with Gasteiger partial charge < -0.3 is 8.85 Å². The van der Waals surface area contributed by atoms with Gasteiger partial charge in [0.2, 0.25) is 0 Å². The molecule has 0 aromatic rings. The van der Waals surface area contributed by atoms with Gasteiger partial charge in [-0.2, -0.15) is 0 Å². The summed E-state index contributed by atoms with van der Waals surface area (Å²) in [6.45, 7) is 15.6. The summed E-state index contributed by atoms with van der Waals surface area (Å²) in [4.78, 5) is 0. The minimum absolute atomic E-state index is 0.0464. The third-order valence-electron chi connectivity index (χ3n) is 15.9. The van der Waals surface area contributed by atoms with E-state index in [0.29, 0.717) is 0 Å². The van der Waals surface area contributed by atoms with Crippen molar-refractivity contribution in [3.63, 3.8) is 0 Å². The molecule has 0 aliphatic heterocycles. The normalized spacial score (nSPS) is 52.2. The van der Waals surface area contributed by atoms with Crippen LogP contribution in [0, 0.1) is 71.0 Å². The Morgan fingerprint density at radius 3 is 1.07 bits per heavy atom. The van der Waals surface area contributed by atoms with E-state index in [0.717, 1.165) is 71.0 Å². The van der Waals surface area contributed by atoms with Gasteiger partial charge in [0.25, 0.3) is 0 Å². The Kier molecular flexibility index (Phi) is 8.24. The van der Waals surface area contributed by atoms with Gasteiger partial charge in [-0.05, 0) is 162 Å². The van der Waals surface area contributed by atoms with Gasteiger partial charge >= 0.3 is 0 Å². The Labute approximate surface area is 274 Å². The summed E-state index contributed by atoms with van der Waals surface area (Å²) in [7, 11) is -3.84. The third kappa shape index (κ3) is 4.76. The second-order valence-electron chi connectivity index (χ2n) is 20.1. The van der Waals surface area contributed by atoms with Crippen molar-refractivity contribution >= 4 is 16.6 Å². The number of rotatable bonds is 5. The van der Waals surface area contributed by atoms with E-state index in [1.165, 1.54) is 128 Å². The average Bonchev–Trinajstić information content (AvgIpc) is 3.00. The lowest BCUT2D eigenvalue weighted by molar-refractivity contribution is -0.330. The molecule has 0 amide bonds. The summed E-state index contributed by atoms with van der Waals surface area (Å²) in [5.41, 5.74) is -0.0928. The van der Waals surface area contributed by atoms with Crippen LogP contribution in [0.1, 0.15) is 128 Å². The fourth-order valence-electron chi connectivity index (χ4n) is 15.8. The highest BCUT2D eigenvalue weighted by atomic mass is 28.4. The van der Waals surface area contributed by atoms with Gasteiger partial charge in [0.15, 0.2) is 16.6 Å². The summed E-state index contributed by atoms with van der Waals surface area (Å²) < 4.78 is 17.0. The predicted octanol–water partition coefficient (Wildman–Crippen LogP) is 11.5. The third-order valence-corrected chi connectivity index (χ3v) is 17.8. The maximum Gasteiger partial charge on any atom is 0.184 e. The topological polar surface area (TPSA) is 18.5 Å². The fourth-order valence-corrected chi connectivity index (χ4v) is 18.8. The van der Waals surface area contributed by atoms with E-state index < -0.39 is 16.6 Å². The smallest absolute Gasteiger partial charge is 0.184 e. The van der Waals surface area contributed by atoms with Crippen molar-refractivity contribution in [1.82, 2.24) is 0 Å². The monoisotopic (exact) mass is 638 g/mol. The Balaban J connectivity index is 1.42. The highest BCUT2D eigenvalue weighted by Gasteiger charge is 2.77. The SMILES string of the molecule is C[Si](C)(C)O[C@@]1([C@]2(O[Si](C)(C)C)C3CCCCC3C3CCCC4CCCC2C43)C2CCCCC2C2CCCC3CCCC1C32. The van der Waals surface area contributed by atoms with Crippen LogP contribution in [0.2, 0.25) is 39.3 Å². The van der Waals surface area contributed by atoms with Crippen molar-refractivity contribution in [2.24, 2.45) is 71.0 Å². The van der Waals surface area contributed by atoms with Crippen LogP contribution < -0.4 is 0 Å². The van der Waals surface area contributed by atoms with Gasteiger partial charge in [-0.15, -0.1) is 0 Å². The Morgan fingerprint density at radius 2 is 0.682 bits per heavy atom. The summed E-state index contributed by atoms with van der Waals surface area (Å²) >= 11 is 0. The van der Waals surface area contributed by atoms with Crippen LogP contribution in [0.5, 0.6) is 0 Å². The molecule has 0 bridgehead atoms. The lowest BCUT2D eigenvalue weighted by atomic mass is 9.35. The van der Waals surface area contributed by atoms with E-state index in [2.05, 4.69) is 39.3 Å². The molecule has 8 aliphatic rings. The Bertz CT molecular complexity index is 961. The molecule has 8 rings (SSSR count). The fraction of sp³-hybridized carbons (Fsp3) is 1.00. The van der Waals surface area contributed by atoms with E-state index >= 15 is 0 Å². The highest BCUT2D eigenvalue weighted by molar-refractivity contribution is 6.70. The summed E-state index contributed by atoms with van der Waals surface area (Å²) in [5.74, 6) is 10.5. The molecule has 8 fully saturated rings. The van der Waals surface area contributed by atoms with Crippen LogP contribution in [-0.2, 0) is 8.85 Å². The second-order valence-corrected chi connectivity index (χ2v) is 28.9. The minimum atomic E-state index is -1.92. The van der Waals surface area contributed by atoms with Crippen LogP contribution >= 0.6 is 0 Å². The van der Waals surface area contributed by atoms with Gasteiger partial charge in [-0.3, -0.25) is 0 Å². The van der Waals surface area contributed by atoms with Gasteiger partial charge in [0.05, 0.1) is 11.2 Å². The highest BCUT2D eigenvalue weighted by Crippen LogP contribution is 2.74. The number of hydrogen-bond donors (Lipinski definition) is 0. The molecule has 2 nitrogen and oxygen atoms in total. The van der Waals surface area contributed by atoms with Crippen LogP contribution in [-0.4, -0.2) is 27.8 Å². The molecule has 0 heterocycles. The molecule has 0 saturated heterocycles. The van der Waals surface area contributed by atoms with Crippen LogP contribution in [0.25, 0.3) is 0 Å². The molecule has 44 heavy (non-hydrogen) atoms. The molecule has 8 saturated carbocycles. The number of fused-ring (bicyclic) bond motifs is 4. The molecule has 12 unspecified atom stereocenters. The summed E-state index contributed by atoms with van der Waals surface area (Å²) in [6, 6.07) is 0. The second kappa shape index (κ2) is 11.5. The zero-order chi connectivity index (χ0) is 30.5. The molecule has 0 radical (unpaired) electrons. The quantitative estimate of drug-likeness (QED) is 0.279. The van der Waals surface area contributed by atoms with Gasteiger partial charge in [0, 0.05) is 0 Å². The van der Waals surface area contributed by atoms with Crippen LogP contribution in [0.15, 0.2) is 0 Å². The molecule has 0 aromatic carbocycles. The van der Waals surface area contributed by atoms with Crippen molar-refractivity contribution in [2.45, 2.75) is 179 Å². The molecule has 0 spiro atoms. The van der Waals surface area contributed by atoms with Crippen LogP contribution in [0.3, 0.4) is 0 Å². The zero-order valence-corrected chi connectivity index (χ0v) is 31.9. The van der Waals surface area contributed by atoms with E-state index in [-0.39, 0.29) is 11.2 Å². The Hall–Kier alpha value is 0.354. The zero-order valence-electron chi connectivity index (χ0n) is 29.9. The first-order valence-corrected chi connectivity index (χ1v) is 27.3. The molecule has 0 aromatic heterocycles. The van der Waals surface area contributed by atoms with Gasteiger partial charge in [-0.1, -0.05) is 77.0 Å². The molecule has 4 heteroatoms. The van der Waals surface area contributed by atoms with Crippen LogP contribution in [0.4, 0.5) is 0 Å². The standard InChI is InChI=1S/C40H70O2Si2/c1-43(2,3)41-39(33-23-9-7-19-29(33)31-21-11-15-27-17-13-25-35(39)37(27)31)40(42-44(4,5)6)34-24-10-8-20-30(34)32-22-12-16-28-18-14-26-36(40)38(28)32/h27-38H,7-26H2,1-6H3/t27?,28?,29?,30?,31?,32?,33?,34?,35?,36?,37?,38?,39-,40-/m0/s1. The van der Waals surface area contributed by atoms with Crippen molar-refractivity contribution in [3.8, 4) is 0 Å². The first kappa shape index (κ1) is 31.6. The molecule has 250 valence electrons. The lowest BCUT2D eigenvalue weighted by Crippen LogP contribution is -2.82.